The number of amides is 1. The standard InChI is InChI=1S/C18H24N2O6S/c1-13(26-11-14-7-4-3-5-8-14)15(16(21)22)19-12-18(17(19)23)9-6-10-20(18)27(2,24)25/h3-5,7-8,13,15H,6,9-12H2,1-2H3,(H,21,22)/t13-,15+,18+/m1/s1. The van der Waals surface area contributed by atoms with Gasteiger partial charge in [0, 0.05) is 6.54 Å². The van der Waals surface area contributed by atoms with Gasteiger partial charge >= 0.3 is 5.97 Å². The molecular formula is C18H24N2O6S. The molecule has 1 N–H and O–H groups in total. The van der Waals surface area contributed by atoms with E-state index in [4.69, 9.17) is 4.74 Å². The third-order valence-electron chi connectivity index (χ3n) is 5.31. The molecule has 0 bridgehead atoms. The van der Waals surface area contributed by atoms with Gasteiger partial charge in [0.1, 0.15) is 5.54 Å². The third kappa shape index (κ3) is 3.59. The van der Waals surface area contributed by atoms with Gasteiger partial charge in [-0.15, -0.1) is 0 Å². The number of nitrogens with zero attached hydrogens (tertiary/aromatic N) is 2. The second kappa shape index (κ2) is 7.21. The average molecular weight is 396 g/mol. The highest BCUT2D eigenvalue weighted by atomic mass is 32.2. The van der Waals surface area contributed by atoms with Crippen molar-refractivity contribution in [1.82, 2.24) is 9.21 Å². The van der Waals surface area contributed by atoms with Gasteiger partial charge in [-0.25, -0.2) is 13.2 Å². The molecule has 148 valence electrons. The minimum Gasteiger partial charge on any atom is -0.480 e. The Morgan fingerprint density at radius 2 is 2.00 bits per heavy atom. The van der Waals surface area contributed by atoms with Crippen LogP contribution in [0.2, 0.25) is 0 Å². The molecule has 1 amide bonds. The lowest BCUT2D eigenvalue weighted by Gasteiger charge is -2.52. The Balaban J connectivity index is 1.71. The summed E-state index contributed by atoms with van der Waals surface area (Å²) < 4.78 is 30.9. The Hall–Kier alpha value is -1.97. The van der Waals surface area contributed by atoms with E-state index in [1.165, 1.54) is 9.21 Å². The molecule has 0 unspecified atom stereocenters. The van der Waals surface area contributed by atoms with Crippen molar-refractivity contribution in [2.75, 3.05) is 19.3 Å². The molecule has 2 aliphatic heterocycles. The zero-order valence-corrected chi connectivity index (χ0v) is 16.2. The van der Waals surface area contributed by atoms with Gasteiger partial charge in [0.2, 0.25) is 15.9 Å². The molecule has 0 radical (unpaired) electrons. The van der Waals surface area contributed by atoms with E-state index in [1.807, 2.05) is 30.3 Å². The Labute approximate surface area is 158 Å². The number of hydrogen-bond acceptors (Lipinski definition) is 5. The molecule has 0 saturated carbocycles. The zero-order valence-electron chi connectivity index (χ0n) is 15.4. The van der Waals surface area contributed by atoms with Crippen molar-refractivity contribution in [3.8, 4) is 0 Å². The molecule has 1 spiro atoms. The topological polar surface area (TPSA) is 104 Å². The molecule has 1 aromatic carbocycles. The number of carboxylic acid groups (broad SMARTS) is 1. The number of benzene rings is 1. The van der Waals surface area contributed by atoms with Crippen molar-refractivity contribution < 1.29 is 27.9 Å². The first kappa shape index (κ1) is 19.8. The van der Waals surface area contributed by atoms with Gasteiger partial charge in [-0.05, 0) is 25.3 Å². The molecule has 3 rings (SSSR count). The maximum absolute atomic E-state index is 12.9. The lowest BCUT2D eigenvalue weighted by atomic mass is 9.84. The first-order chi connectivity index (χ1) is 12.7. The predicted octanol–water partition coefficient (Wildman–Crippen LogP) is 0.681. The third-order valence-corrected chi connectivity index (χ3v) is 6.64. The second-order valence-electron chi connectivity index (χ2n) is 7.19. The number of β-lactam (4-membered cyclic amide) rings is 1. The van der Waals surface area contributed by atoms with Crippen LogP contribution in [0.1, 0.15) is 25.3 Å². The Bertz CT molecular complexity index is 828. The number of hydrogen-bond donors (Lipinski definition) is 1. The van der Waals surface area contributed by atoms with E-state index in [0.29, 0.717) is 12.8 Å². The molecule has 3 atom stereocenters. The summed E-state index contributed by atoms with van der Waals surface area (Å²) in [6.45, 7) is 2.21. The molecule has 1 aromatic rings. The van der Waals surface area contributed by atoms with E-state index >= 15 is 0 Å². The minimum atomic E-state index is -3.53. The van der Waals surface area contributed by atoms with E-state index in [1.54, 1.807) is 6.92 Å². The van der Waals surface area contributed by atoms with Gasteiger partial charge in [0.25, 0.3) is 0 Å². The quantitative estimate of drug-likeness (QED) is 0.680. The Morgan fingerprint density at radius 3 is 2.56 bits per heavy atom. The molecule has 8 nitrogen and oxygen atoms in total. The molecule has 2 saturated heterocycles. The van der Waals surface area contributed by atoms with Gasteiger partial charge in [-0.2, -0.15) is 4.31 Å². The van der Waals surface area contributed by atoms with Crippen molar-refractivity contribution in [1.29, 1.82) is 0 Å². The van der Waals surface area contributed by atoms with Crippen LogP contribution in [0.15, 0.2) is 30.3 Å². The van der Waals surface area contributed by atoms with Gasteiger partial charge in [0.05, 0.1) is 25.5 Å². The zero-order chi connectivity index (χ0) is 19.8. The van der Waals surface area contributed by atoms with E-state index in [0.717, 1.165) is 11.8 Å². The number of sulfonamides is 1. The summed E-state index contributed by atoms with van der Waals surface area (Å²) in [6.07, 6.45) is 1.35. The highest BCUT2D eigenvalue weighted by Gasteiger charge is 2.63. The van der Waals surface area contributed by atoms with Gasteiger partial charge in [-0.1, -0.05) is 30.3 Å². The highest BCUT2D eigenvalue weighted by Crippen LogP contribution is 2.42. The molecule has 9 heteroatoms. The average Bonchev–Trinajstić information content (AvgIpc) is 3.07. The van der Waals surface area contributed by atoms with Gasteiger partial charge < -0.3 is 14.7 Å². The fraction of sp³-hybridized carbons (Fsp3) is 0.556. The van der Waals surface area contributed by atoms with Crippen molar-refractivity contribution in [2.45, 2.75) is 44.1 Å². The summed E-state index contributed by atoms with van der Waals surface area (Å²) in [5, 5.41) is 9.65. The monoisotopic (exact) mass is 396 g/mol. The minimum absolute atomic E-state index is 0.0783. The van der Waals surface area contributed by atoms with Gasteiger partial charge in [-0.3, -0.25) is 4.79 Å². The number of aliphatic carboxylic acids is 1. The summed E-state index contributed by atoms with van der Waals surface area (Å²) >= 11 is 0. The second-order valence-corrected chi connectivity index (χ2v) is 9.09. The first-order valence-corrected chi connectivity index (χ1v) is 10.7. The number of ether oxygens (including phenoxy) is 1. The SMILES string of the molecule is C[C@@H](OCc1ccccc1)[C@@H](C(=O)O)N1C[C@@]2(CCCN2S(C)(=O)=O)C1=O. The Morgan fingerprint density at radius 1 is 1.33 bits per heavy atom. The lowest BCUT2D eigenvalue weighted by Crippen LogP contribution is -2.76. The predicted molar refractivity (Wildman–Crippen MR) is 97.3 cm³/mol. The number of carbonyl (C=O) groups excluding carboxylic acids is 1. The fourth-order valence-electron chi connectivity index (χ4n) is 4.01. The molecule has 27 heavy (non-hydrogen) atoms. The molecule has 0 aliphatic carbocycles. The highest BCUT2D eigenvalue weighted by molar-refractivity contribution is 7.88. The largest absolute Gasteiger partial charge is 0.480 e. The van der Waals surface area contributed by atoms with Crippen molar-refractivity contribution >= 4 is 21.9 Å². The van der Waals surface area contributed by atoms with Crippen molar-refractivity contribution in [3.05, 3.63) is 35.9 Å². The van der Waals surface area contributed by atoms with E-state index in [-0.39, 0.29) is 19.7 Å². The summed E-state index contributed by atoms with van der Waals surface area (Å²) in [5.74, 6) is -1.62. The van der Waals surface area contributed by atoms with Crippen LogP contribution in [0.4, 0.5) is 0 Å². The maximum Gasteiger partial charge on any atom is 0.329 e. The van der Waals surface area contributed by atoms with Crippen LogP contribution >= 0.6 is 0 Å². The smallest absolute Gasteiger partial charge is 0.329 e. The number of carbonyl (C=O) groups is 2. The van der Waals surface area contributed by atoms with E-state index in [2.05, 4.69) is 0 Å². The molecular weight excluding hydrogens is 372 g/mol. The summed E-state index contributed by atoms with van der Waals surface area (Å²) in [5.41, 5.74) is -0.223. The summed E-state index contributed by atoms with van der Waals surface area (Å²) in [6, 6.07) is 8.18. The summed E-state index contributed by atoms with van der Waals surface area (Å²) in [4.78, 5) is 25.9. The fourth-order valence-corrected chi connectivity index (χ4v) is 5.33. The van der Waals surface area contributed by atoms with Crippen LogP contribution in [-0.4, -0.2) is 71.6 Å². The maximum atomic E-state index is 12.9. The van der Waals surface area contributed by atoms with Crippen LogP contribution in [0, 0.1) is 0 Å². The first-order valence-electron chi connectivity index (χ1n) is 8.84. The van der Waals surface area contributed by atoms with Crippen molar-refractivity contribution in [2.24, 2.45) is 0 Å². The lowest BCUT2D eigenvalue weighted by molar-refractivity contribution is -0.176. The van der Waals surface area contributed by atoms with Crippen LogP contribution in [-0.2, 0) is 31.0 Å². The number of carboxylic acids is 1. The van der Waals surface area contributed by atoms with Crippen LogP contribution < -0.4 is 0 Å². The van der Waals surface area contributed by atoms with E-state index in [9.17, 15) is 23.1 Å². The molecule has 0 aromatic heterocycles. The number of rotatable bonds is 7. The van der Waals surface area contributed by atoms with Crippen LogP contribution in [0.3, 0.4) is 0 Å². The summed E-state index contributed by atoms with van der Waals surface area (Å²) in [7, 11) is -3.53. The molecule has 2 aliphatic rings. The Kier molecular flexibility index (Phi) is 5.29. The van der Waals surface area contributed by atoms with Gasteiger partial charge in [0.15, 0.2) is 6.04 Å². The van der Waals surface area contributed by atoms with Crippen LogP contribution in [0.5, 0.6) is 0 Å². The normalized spacial score (nSPS) is 25.4. The number of likely N-dealkylation sites (tertiary alicyclic amines) is 1. The van der Waals surface area contributed by atoms with Crippen LogP contribution in [0.25, 0.3) is 0 Å². The molecule has 2 fully saturated rings. The van der Waals surface area contributed by atoms with E-state index < -0.39 is 39.6 Å². The molecule has 2 heterocycles. The van der Waals surface area contributed by atoms with Crippen molar-refractivity contribution in [3.63, 3.8) is 0 Å².